The molecule has 1 aliphatic rings. The summed E-state index contributed by atoms with van der Waals surface area (Å²) in [4.78, 5) is 1.64. The molecular formula is C10H10F3NO. The van der Waals surface area contributed by atoms with Crippen LogP contribution in [0.4, 0.5) is 18.9 Å². The van der Waals surface area contributed by atoms with E-state index in [4.69, 9.17) is 4.74 Å². The fourth-order valence-corrected chi connectivity index (χ4v) is 1.56. The summed E-state index contributed by atoms with van der Waals surface area (Å²) in [5.74, 6) is -3.71. The average molecular weight is 217 g/mol. The summed E-state index contributed by atoms with van der Waals surface area (Å²) in [6, 6.07) is 2.18. The molecule has 5 heteroatoms. The van der Waals surface area contributed by atoms with Crippen molar-refractivity contribution in [3.05, 3.63) is 29.6 Å². The van der Waals surface area contributed by atoms with E-state index in [2.05, 4.69) is 0 Å². The van der Waals surface area contributed by atoms with Gasteiger partial charge < -0.3 is 9.64 Å². The Morgan fingerprint density at radius 2 is 1.67 bits per heavy atom. The molecule has 0 unspecified atom stereocenters. The molecule has 0 amide bonds. The standard InChI is InChI=1S/C10H10F3NO/c11-7-1-2-8(10(13)9(7)12)14-3-5-15-6-4-14/h1-2H,3-6H2. The molecule has 1 aliphatic heterocycles. The monoisotopic (exact) mass is 217 g/mol. The summed E-state index contributed by atoms with van der Waals surface area (Å²) >= 11 is 0. The molecule has 1 aromatic carbocycles. The predicted octanol–water partition coefficient (Wildman–Crippen LogP) is 1.94. The Balaban J connectivity index is 2.31. The van der Waals surface area contributed by atoms with Crippen LogP contribution < -0.4 is 4.90 Å². The third kappa shape index (κ3) is 1.92. The summed E-state index contributed by atoms with van der Waals surface area (Å²) in [6.07, 6.45) is 0. The largest absolute Gasteiger partial charge is 0.378 e. The Morgan fingerprint density at radius 3 is 2.33 bits per heavy atom. The van der Waals surface area contributed by atoms with Gasteiger partial charge in [0.05, 0.1) is 18.9 Å². The third-order valence-electron chi connectivity index (χ3n) is 2.37. The molecule has 0 N–H and O–H groups in total. The van der Waals surface area contributed by atoms with Crippen molar-refractivity contribution in [1.82, 2.24) is 0 Å². The Morgan fingerprint density at radius 1 is 1.00 bits per heavy atom. The van der Waals surface area contributed by atoms with Gasteiger partial charge in [0.15, 0.2) is 17.5 Å². The zero-order valence-corrected chi connectivity index (χ0v) is 7.97. The molecule has 0 radical (unpaired) electrons. The van der Waals surface area contributed by atoms with Crippen LogP contribution in [0.1, 0.15) is 0 Å². The normalized spacial score (nSPS) is 16.9. The van der Waals surface area contributed by atoms with Crippen LogP contribution in [0.2, 0.25) is 0 Å². The van der Waals surface area contributed by atoms with E-state index in [1.807, 2.05) is 0 Å². The van der Waals surface area contributed by atoms with Gasteiger partial charge in [0, 0.05) is 13.1 Å². The van der Waals surface area contributed by atoms with Crippen molar-refractivity contribution in [2.75, 3.05) is 31.2 Å². The summed E-state index contributed by atoms with van der Waals surface area (Å²) in [5, 5.41) is 0. The van der Waals surface area contributed by atoms with E-state index in [0.29, 0.717) is 26.3 Å². The maximum absolute atomic E-state index is 13.3. The van der Waals surface area contributed by atoms with E-state index in [9.17, 15) is 13.2 Å². The summed E-state index contributed by atoms with van der Waals surface area (Å²) in [6.45, 7) is 1.92. The lowest BCUT2D eigenvalue weighted by Crippen LogP contribution is -2.36. The lowest BCUT2D eigenvalue weighted by molar-refractivity contribution is 0.122. The maximum atomic E-state index is 13.3. The van der Waals surface area contributed by atoms with E-state index < -0.39 is 17.5 Å². The van der Waals surface area contributed by atoms with Crippen LogP contribution in [0.15, 0.2) is 12.1 Å². The van der Waals surface area contributed by atoms with Crippen molar-refractivity contribution in [2.24, 2.45) is 0 Å². The van der Waals surface area contributed by atoms with Gasteiger partial charge in [-0.2, -0.15) is 0 Å². The van der Waals surface area contributed by atoms with E-state index in [1.165, 1.54) is 6.07 Å². The van der Waals surface area contributed by atoms with Gasteiger partial charge in [0.1, 0.15) is 0 Å². The van der Waals surface area contributed by atoms with Crippen molar-refractivity contribution in [1.29, 1.82) is 0 Å². The number of hydrogen-bond acceptors (Lipinski definition) is 2. The zero-order chi connectivity index (χ0) is 10.8. The number of halogens is 3. The quantitative estimate of drug-likeness (QED) is 0.666. The number of nitrogens with zero attached hydrogens (tertiary/aromatic N) is 1. The van der Waals surface area contributed by atoms with E-state index >= 15 is 0 Å². The zero-order valence-electron chi connectivity index (χ0n) is 7.97. The highest BCUT2D eigenvalue weighted by atomic mass is 19.2. The molecule has 0 aliphatic carbocycles. The summed E-state index contributed by atoms with van der Waals surface area (Å²) < 4.78 is 44.0. The molecule has 1 fully saturated rings. The van der Waals surface area contributed by atoms with E-state index in [1.54, 1.807) is 4.90 Å². The topological polar surface area (TPSA) is 12.5 Å². The first kappa shape index (κ1) is 10.3. The number of rotatable bonds is 1. The Bertz CT molecular complexity index is 364. The van der Waals surface area contributed by atoms with Crippen molar-refractivity contribution < 1.29 is 17.9 Å². The molecule has 15 heavy (non-hydrogen) atoms. The van der Waals surface area contributed by atoms with Gasteiger partial charge in [0.25, 0.3) is 0 Å². The first-order chi connectivity index (χ1) is 7.20. The SMILES string of the molecule is Fc1ccc(N2CCOCC2)c(F)c1F. The molecule has 0 aromatic heterocycles. The van der Waals surface area contributed by atoms with Gasteiger partial charge in [-0.25, -0.2) is 13.2 Å². The molecule has 82 valence electrons. The molecule has 0 bridgehead atoms. The van der Waals surface area contributed by atoms with Crippen LogP contribution in [-0.2, 0) is 4.74 Å². The van der Waals surface area contributed by atoms with Crippen LogP contribution in [0.3, 0.4) is 0 Å². The Hall–Kier alpha value is -1.23. The van der Waals surface area contributed by atoms with Gasteiger partial charge in [-0.05, 0) is 12.1 Å². The second-order valence-electron chi connectivity index (χ2n) is 3.29. The minimum atomic E-state index is -1.42. The molecular weight excluding hydrogens is 207 g/mol. The van der Waals surface area contributed by atoms with Crippen molar-refractivity contribution in [3.63, 3.8) is 0 Å². The van der Waals surface area contributed by atoms with Crippen LogP contribution >= 0.6 is 0 Å². The number of hydrogen-bond donors (Lipinski definition) is 0. The van der Waals surface area contributed by atoms with Crippen LogP contribution in [0.25, 0.3) is 0 Å². The van der Waals surface area contributed by atoms with Gasteiger partial charge in [-0.1, -0.05) is 0 Å². The van der Waals surface area contributed by atoms with Crippen LogP contribution in [0, 0.1) is 17.5 Å². The summed E-state index contributed by atoms with van der Waals surface area (Å²) in [7, 11) is 0. The molecule has 0 atom stereocenters. The fourth-order valence-electron chi connectivity index (χ4n) is 1.56. The number of benzene rings is 1. The average Bonchev–Trinajstić information content (AvgIpc) is 2.27. The summed E-state index contributed by atoms with van der Waals surface area (Å²) in [5.41, 5.74) is 0.0946. The Labute approximate surface area is 85.3 Å². The fraction of sp³-hybridized carbons (Fsp3) is 0.400. The molecule has 1 heterocycles. The first-order valence-corrected chi connectivity index (χ1v) is 4.66. The van der Waals surface area contributed by atoms with Crippen molar-refractivity contribution in [2.45, 2.75) is 0 Å². The second kappa shape index (κ2) is 4.10. The number of ether oxygens (including phenoxy) is 1. The van der Waals surface area contributed by atoms with Gasteiger partial charge >= 0.3 is 0 Å². The molecule has 0 spiro atoms. The molecule has 2 rings (SSSR count). The van der Waals surface area contributed by atoms with Crippen LogP contribution in [0.5, 0.6) is 0 Å². The lowest BCUT2D eigenvalue weighted by Gasteiger charge is -2.29. The van der Waals surface area contributed by atoms with Gasteiger partial charge in [-0.3, -0.25) is 0 Å². The smallest absolute Gasteiger partial charge is 0.196 e. The first-order valence-electron chi connectivity index (χ1n) is 4.66. The Kier molecular flexibility index (Phi) is 2.81. The molecule has 0 saturated carbocycles. The highest BCUT2D eigenvalue weighted by Gasteiger charge is 2.19. The lowest BCUT2D eigenvalue weighted by atomic mass is 10.2. The number of morpholine rings is 1. The number of anilines is 1. The van der Waals surface area contributed by atoms with Gasteiger partial charge in [-0.15, -0.1) is 0 Å². The predicted molar refractivity (Wildman–Crippen MR) is 49.3 cm³/mol. The highest BCUT2D eigenvalue weighted by Crippen LogP contribution is 2.24. The van der Waals surface area contributed by atoms with Crippen molar-refractivity contribution in [3.8, 4) is 0 Å². The van der Waals surface area contributed by atoms with E-state index in [0.717, 1.165) is 6.07 Å². The molecule has 1 aromatic rings. The van der Waals surface area contributed by atoms with Crippen LogP contribution in [-0.4, -0.2) is 26.3 Å². The van der Waals surface area contributed by atoms with Crippen molar-refractivity contribution >= 4 is 5.69 Å². The second-order valence-corrected chi connectivity index (χ2v) is 3.29. The highest BCUT2D eigenvalue weighted by molar-refractivity contribution is 5.48. The minimum absolute atomic E-state index is 0.0946. The third-order valence-corrected chi connectivity index (χ3v) is 2.37. The minimum Gasteiger partial charge on any atom is -0.378 e. The molecule has 1 saturated heterocycles. The van der Waals surface area contributed by atoms with Gasteiger partial charge in [0.2, 0.25) is 0 Å². The van der Waals surface area contributed by atoms with E-state index in [-0.39, 0.29) is 5.69 Å². The molecule has 2 nitrogen and oxygen atoms in total. The maximum Gasteiger partial charge on any atom is 0.196 e.